The molecule has 21 heavy (non-hydrogen) atoms. The van der Waals surface area contributed by atoms with Gasteiger partial charge in [-0.1, -0.05) is 36.4 Å². The van der Waals surface area contributed by atoms with E-state index < -0.39 is 5.97 Å². The van der Waals surface area contributed by atoms with Gasteiger partial charge in [0.25, 0.3) is 0 Å². The molecular weight excluding hydrogens is 268 g/mol. The topological polar surface area (TPSA) is 66.8 Å². The average Bonchev–Trinajstić information content (AvgIpc) is 2.49. The van der Waals surface area contributed by atoms with Crippen LogP contribution < -0.4 is 4.74 Å². The van der Waals surface area contributed by atoms with Crippen LogP contribution in [-0.2, 0) is 11.2 Å². The maximum absolute atomic E-state index is 10.5. The molecular formula is C17H16O4. The number of aliphatic carboxylic acids is 1. The van der Waals surface area contributed by atoms with Crippen molar-refractivity contribution in [3.8, 4) is 11.5 Å². The molecule has 2 rings (SSSR count). The number of hydrogen-bond donors (Lipinski definition) is 2. The molecule has 0 spiro atoms. The molecule has 2 N–H and O–H groups in total. The van der Waals surface area contributed by atoms with Gasteiger partial charge in [0.05, 0.1) is 6.61 Å². The minimum atomic E-state index is -1.02. The number of aromatic hydroxyl groups is 1. The summed E-state index contributed by atoms with van der Waals surface area (Å²) in [5, 5.41) is 18.3. The number of benzene rings is 2. The molecule has 0 aliphatic rings. The van der Waals surface area contributed by atoms with Crippen LogP contribution in [0.4, 0.5) is 0 Å². The predicted octanol–water partition coefficient (Wildman–Crippen LogP) is 3.11. The maximum atomic E-state index is 10.5. The minimum Gasteiger partial charge on any atom is -0.504 e. The van der Waals surface area contributed by atoms with Crippen molar-refractivity contribution in [2.45, 2.75) is 6.42 Å². The van der Waals surface area contributed by atoms with E-state index in [1.807, 2.05) is 30.3 Å². The van der Waals surface area contributed by atoms with Gasteiger partial charge in [0, 0.05) is 12.5 Å². The van der Waals surface area contributed by atoms with Crippen molar-refractivity contribution in [3.63, 3.8) is 0 Å². The van der Waals surface area contributed by atoms with Gasteiger partial charge in [-0.15, -0.1) is 0 Å². The summed E-state index contributed by atoms with van der Waals surface area (Å²) in [7, 11) is 0. The monoisotopic (exact) mass is 284 g/mol. The number of ether oxygens (including phenoxy) is 1. The average molecular weight is 284 g/mol. The van der Waals surface area contributed by atoms with Crippen molar-refractivity contribution in [1.29, 1.82) is 0 Å². The first kappa shape index (κ1) is 14.7. The second-order valence-electron chi connectivity index (χ2n) is 4.48. The third-order valence-corrected chi connectivity index (χ3v) is 2.89. The van der Waals surface area contributed by atoms with Gasteiger partial charge in [-0.25, -0.2) is 4.79 Å². The molecule has 0 atom stereocenters. The third-order valence-electron chi connectivity index (χ3n) is 2.89. The summed E-state index contributed by atoms with van der Waals surface area (Å²) in [5.41, 5.74) is 1.81. The summed E-state index contributed by atoms with van der Waals surface area (Å²) < 4.78 is 5.56. The predicted molar refractivity (Wildman–Crippen MR) is 80.4 cm³/mol. The molecule has 0 aliphatic carbocycles. The highest BCUT2D eigenvalue weighted by atomic mass is 16.5. The van der Waals surface area contributed by atoms with Crippen molar-refractivity contribution in [1.82, 2.24) is 0 Å². The molecule has 0 amide bonds. The molecule has 0 radical (unpaired) electrons. The Morgan fingerprint density at radius 1 is 1.14 bits per heavy atom. The zero-order chi connectivity index (χ0) is 15.1. The molecule has 0 heterocycles. The van der Waals surface area contributed by atoms with Crippen molar-refractivity contribution in [2.24, 2.45) is 0 Å². The third kappa shape index (κ3) is 4.69. The van der Waals surface area contributed by atoms with Gasteiger partial charge in [-0.3, -0.25) is 0 Å². The van der Waals surface area contributed by atoms with E-state index in [-0.39, 0.29) is 5.75 Å². The summed E-state index contributed by atoms with van der Waals surface area (Å²) >= 11 is 0. The first-order valence-electron chi connectivity index (χ1n) is 6.56. The van der Waals surface area contributed by atoms with Crippen LogP contribution in [0.3, 0.4) is 0 Å². The second-order valence-corrected chi connectivity index (χ2v) is 4.48. The number of carbonyl (C=O) groups is 1. The van der Waals surface area contributed by atoms with Crippen LogP contribution in [0, 0.1) is 0 Å². The maximum Gasteiger partial charge on any atom is 0.328 e. The SMILES string of the molecule is O=C(O)/C=C/c1ccc(O)c(OCCc2ccccc2)c1. The van der Waals surface area contributed by atoms with E-state index in [1.54, 1.807) is 12.1 Å². The Morgan fingerprint density at radius 3 is 2.62 bits per heavy atom. The Bertz CT molecular complexity index is 632. The van der Waals surface area contributed by atoms with Crippen LogP contribution in [-0.4, -0.2) is 22.8 Å². The Labute approximate surface area is 122 Å². The number of rotatable bonds is 6. The molecule has 0 aromatic heterocycles. The van der Waals surface area contributed by atoms with Gasteiger partial charge >= 0.3 is 5.97 Å². The zero-order valence-electron chi connectivity index (χ0n) is 11.4. The summed E-state index contributed by atoms with van der Waals surface area (Å²) in [6.07, 6.45) is 3.22. The number of carboxylic acid groups (broad SMARTS) is 1. The van der Waals surface area contributed by atoms with Crippen molar-refractivity contribution in [3.05, 3.63) is 65.7 Å². The highest BCUT2D eigenvalue weighted by Crippen LogP contribution is 2.27. The number of hydrogen-bond acceptors (Lipinski definition) is 3. The van der Waals surface area contributed by atoms with Crippen molar-refractivity contribution >= 4 is 12.0 Å². The van der Waals surface area contributed by atoms with Crippen molar-refractivity contribution < 1.29 is 19.7 Å². The van der Waals surface area contributed by atoms with E-state index >= 15 is 0 Å². The summed E-state index contributed by atoms with van der Waals surface area (Å²) in [6.45, 7) is 0.434. The lowest BCUT2D eigenvalue weighted by molar-refractivity contribution is -0.131. The van der Waals surface area contributed by atoms with Gasteiger partial charge in [0.2, 0.25) is 0 Å². The first-order chi connectivity index (χ1) is 10.1. The number of phenols is 1. The van der Waals surface area contributed by atoms with E-state index in [0.29, 0.717) is 17.9 Å². The lowest BCUT2D eigenvalue weighted by Crippen LogP contribution is -2.01. The lowest BCUT2D eigenvalue weighted by atomic mass is 10.1. The molecule has 0 unspecified atom stereocenters. The smallest absolute Gasteiger partial charge is 0.328 e. The molecule has 4 heteroatoms. The molecule has 0 fully saturated rings. The highest BCUT2D eigenvalue weighted by Gasteiger charge is 2.03. The summed E-state index contributed by atoms with van der Waals surface area (Å²) in [4.78, 5) is 10.5. The molecule has 0 saturated carbocycles. The number of carboxylic acids is 1. The molecule has 108 valence electrons. The Balaban J connectivity index is 1.99. The fraction of sp³-hybridized carbons (Fsp3) is 0.118. The van der Waals surface area contributed by atoms with E-state index in [2.05, 4.69) is 0 Å². The Kier molecular flexibility index (Phi) is 4.99. The molecule has 0 saturated heterocycles. The highest BCUT2D eigenvalue weighted by molar-refractivity contribution is 5.85. The zero-order valence-corrected chi connectivity index (χ0v) is 11.4. The first-order valence-corrected chi connectivity index (χ1v) is 6.56. The summed E-state index contributed by atoms with van der Waals surface area (Å²) in [6, 6.07) is 14.6. The largest absolute Gasteiger partial charge is 0.504 e. The van der Waals surface area contributed by atoms with E-state index in [9.17, 15) is 9.90 Å². The number of phenolic OH excluding ortho intramolecular Hbond substituents is 1. The Morgan fingerprint density at radius 2 is 1.90 bits per heavy atom. The Hall–Kier alpha value is -2.75. The molecule has 2 aromatic rings. The molecule has 0 aliphatic heterocycles. The quantitative estimate of drug-likeness (QED) is 0.800. The normalized spacial score (nSPS) is 10.7. The van der Waals surface area contributed by atoms with Crippen LogP contribution >= 0.6 is 0 Å². The van der Waals surface area contributed by atoms with Gasteiger partial charge in [0.1, 0.15) is 0 Å². The van der Waals surface area contributed by atoms with Gasteiger partial charge < -0.3 is 14.9 Å². The van der Waals surface area contributed by atoms with Crippen LogP contribution in [0.25, 0.3) is 6.08 Å². The molecule has 2 aromatic carbocycles. The van der Waals surface area contributed by atoms with Gasteiger partial charge in [-0.05, 0) is 29.3 Å². The fourth-order valence-corrected chi connectivity index (χ4v) is 1.84. The van der Waals surface area contributed by atoms with Crippen molar-refractivity contribution in [2.75, 3.05) is 6.61 Å². The fourth-order valence-electron chi connectivity index (χ4n) is 1.84. The van der Waals surface area contributed by atoms with E-state index in [0.717, 1.165) is 18.1 Å². The summed E-state index contributed by atoms with van der Waals surface area (Å²) in [5.74, 6) is -0.636. The van der Waals surface area contributed by atoms with Gasteiger partial charge in [-0.2, -0.15) is 0 Å². The van der Waals surface area contributed by atoms with E-state index in [4.69, 9.17) is 9.84 Å². The van der Waals surface area contributed by atoms with Crippen LogP contribution in [0.15, 0.2) is 54.6 Å². The second kappa shape index (κ2) is 7.14. The van der Waals surface area contributed by atoms with Crippen LogP contribution in [0.2, 0.25) is 0 Å². The minimum absolute atomic E-state index is 0.0375. The van der Waals surface area contributed by atoms with E-state index in [1.165, 1.54) is 12.1 Å². The lowest BCUT2D eigenvalue weighted by Gasteiger charge is -2.09. The molecule has 0 bridgehead atoms. The molecule has 4 nitrogen and oxygen atoms in total. The van der Waals surface area contributed by atoms with Gasteiger partial charge in [0.15, 0.2) is 11.5 Å². The van der Waals surface area contributed by atoms with Crippen LogP contribution in [0.5, 0.6) is 11.5 Å². The van der Waals surface area contributed by atoms with Crippen LogP contribution in [0.1, 0.15) is 11.1 Å². The standard InChI is InChI=1S/C17H16O4/c18-15-8-6-14(7-9-17(19)20)12-16(15)21-11-10-13-4-2-1-3-5-13/h1-9,12,18H,10-11H2,(H,19,20)/b9-7+.